The number of para-hydroxylation sites is 1. The highest BCUT2D eigenvalue weighted by atomic mass is 32.4. The zero-order valence-corrected chi connectivity index (χ0v) is 17.2. The van der Waals surface area contributed by atoms with Gasteiger partial charge in [0.05, 0.1) is 23.3 Å². The van der Waals surface area contributed by atoms with Gasteiger partial charge >= 0.3 is 0 Å². The van der Waals surface area contributed by atoms with Crippen molar-refractivity contribution < 1.29 is 4.52 Å². The summed E-state index contributed by atoms with van der Waals surface area (Å²) in [5.41, 5.74) is 2.84. The van der Waals surface area contributed by atoms with Crippen LogP contribution in [0, 0.1) is 6.92 Å². The molecule has 0 unspecified atom stereocenters. The zero-order valence-electron chi connectivity index (χ0n) is 15.5. The van der Waals surface area contributed by atoms with E-state index < -0.39 is 6.42 Å². The summed E-state index contributed by atoms with van der Waals surface area (Å²) in [5, 5.41) is 5.70. The van der Waals surface area contributed by atoms with Gasteiger partial charge in [0.1, 0.15) is 5.84 Å². The quantitative estimate of drug-likeness (QED) is 0.621. The van der Waals surface area contributed by atoms with Crippen molar-refractivity contribution >= 4 is 35.2 Å². The van der Waals surface area contributed by atoms with Crippen LogP contribution in [0.3, 0.4) is 0 Å². The Hall–Kier alpha value is -2.27. The van der Waals surface area contributed by atoms with E-state index in [2.05, 4.69) is 0 Å². The molecule has 0 bridgehead atoms. The minimum Gasteiger partial charge on any atom is -0.331 e. The molecule has 0 radical (unpaired) electrons. The van der Waals surface area contributed by atoms with Crippen molar-refractivity contribution in [1.82, 2.24) is 14.5 Å². The number of aryl methyl sites for hydroxylation is 1. The van der Waals surface area contributed by atoms with Gasteiger partial charge in [0.15, 0.2) is 12.2 Å². The Balaban J connectivity index is 2.01. The molecule has 0 fully saturated rings. The van der Waals surface area contributed by atoms with Crippen molar-refractivity contribution in [3.8, 4) is 5.69 Å². The van der Waals surface area contributed by atoms with Crippen LogP contribution >= 0.6 is 6.42 Å². The van der Waals surface area contributed by atoms with E-state index in [1.807, 2.05) is 90.9 Å². The Morgan fingerprint density at radius 1 is 1.04 bits per heavy atom. The molecule has 0 saturated heterocycles. The van der Waals surface area contributed by atoms with Crippen molar-refractivity contribution in [2.75, 3.05) is 13.7 Å². The Labute approximate surface area is 164 Å². The average molecular weight is 396 g/mol. The van der Waals surface area contributed by atoms with Gasteiger partial charge in [-0.3, -0.25) is 0 Å². The first kappa shape index (κ1) is 18.1. The van der Waals surface area contributed by atoms with E-state index in [1.54, 1.807) is 0 Å². The van der Waals surface area contributed by atoms with Gasteiger partial charge in [-0.25, -0.2) is 9.67 Å². The van der Waals surface area contributed by atoms with Crippen molar-refractivity contribution in [3.05, 3.63) is 71.9 Å². The van der Waals surface area contributed by atoms with Gasteiger partial charge < -0.3 is 9.19 Å². The molecule has 2 heterocycles. The summed E-state index contributed by atoms with van der Waals surface area (Å²) in [6.45, 7) is 4.50. The standard InChI is InChI=1S/C20H21N4OPS/c1-4-25-26(27)18-15(2)22-24(17-13-9-6-10-14-17)20(18)21-19(23(26)3)16-11-7-5-8-12-16/h5-14H,4H2,1-3H3/t26-/m1/s1. The van der Waals surface area contributed by atoms with Gasteiger partial charge in [0.2, 0.25) is 0 Å². The number of amidine groups is 1. The predicted molar refractivity (Wildman–Crippen MR) is 114 cm³/mol. The molecule has 5 nitrogen and oxygen atoms in total. The Morgan fingerprint density at radius 3 is 2.30 bits per heavy atom. The van der Waals surface area contributed by atoms with E-state index in [0.29, 0.717) is 6.61 Å². The topological polar surface area (TPSA) is 42.6 Å². The lowest BCUT2D eigenvalue weighted by Gasteiger charge is -2.36. The van der Waals surface area contributed by atoms with Crippen LogP contribution in [0.1, 0.15) is 18.2 Å². The van der Waals surface area contributed by atoms with Crippen LogP contribution in [0.25, 0.3) is 5.69 Å². The molecule has 3 aromatic rings. The molecule has 0 saturated carbocycles. The van der Waals surface area contributed by atoms with Crippen LogP contribution in [0.4, 0.5) is 5.82 Å². The lowest BCUT2D eigenvalue weighted by Crippen LogP contribution is -2.34. The fraction of sp³-hybridized carbons (Fsp3) is 0.200. The van der Waals surface area contributed by atoms with Gasteiger partial charge in [0, 0.05) is 12.6 Å². The summed E-state index contributed by atoms with van der Waals surface area (Å²) in [5.74, 6) is 1.59. The SMILES string of the molecule is CCO[P@@]1(=S)c2c(C)nn(-c3ccccc3)c2N=C(c2ccccc2)N1C. The zero-order chi connectivity index (χ0) is 19.0. The normalized spacial score (nSPS) is 18.9. The van der Waals surface area contributed by atoms with E-state index >= 15 is 0 Å². The van der Waals surface area contributed by atoms with Crippen LogP contribution in [0.15, 0.2) is 65.7 Å². The number of hydrogen-bond donors (Lipinski definition) is 0. The molecular formula is C20H21N4OPS. The molecule has 1 aromatic heterocycles. The molecular weight excluding hydrogens is 375 g/mol. The lowest BCUT2D eigenvalue weighted by atomic mass is 10.2. The first-order chi connectivity index (χ1) is 13.1. The Bertz CT molecular complexity index is 1050. The first-order valence-electron chi connectivity index (χ1n) is 8.84. The van der Waals surface area contributed by atoms with Crippen molar-refractivity contribution in [2.24, 2.45) is 4.99 Å². The molecule has 138 valence electrons. The molecule has 1 atom stereocenters. The highest BCUT2D eigenvalue weighted by Gasteiger charge is 2.40. The Morgan fingerprint density at radius 2 is 1.67 bits per heavy atom. The number of fused-ring (bicyclic) bond motifs is 1. The molecule has 4 rings (SSSR count). The second-order valence-corrected chi connectivity index (χ2v) is 10.1. The predicted octanol–water partition coefficient (Wildman–Crippen LogP) is 4.18. The number of benzene rings is 2. The molecule has 0 N–H and O–H groups in total. The van der Waals surface area contributed by atoms with Crippen molar-refractivity contribution in [1.29, 1.82) is 0 Å². The summed E-state index contributed by atoms with van der Waals surface area (Å²) in [6.07, 6.45) is -2.50. The fourth-order valence-corrected chi connectivity index (χ4v) is 6.70. The molecule has 2 aromatic carbocycles. The average Bonchev–Trinajstić information content (AvgIpc) is 3.03. The van der Waals surface area contributed by atoms with Gasteiger partial charge in [-0.1, -0.05) is 48.5 Å². The molecule has 27 heavy (non-hydrogen) atoms. The van der Waals surface area contributed by atoms with Gasteiger partial charge in [-0.15, -0.1) is 0 Å². The molecule has 1 aliphatic heterocycles. The van der Waals surface area contributed by atoms with Crippen LogP contribution in [-0.4, -0.2) is 33.9 Å². The smallest absolute Gasteiger partial charge is 0.192 e. The molecule has 1 aliphatic rings. The van der Waals surface area contributed by atoms with Crippen molar-refractivity contribution in [3.63, 3.8) is 0 Å². The lowest BCUT2D eigenvalue weighted by molar-refractivity contribution is 0.363. The van der Waals surface area contributed by atoms with Gasteiger partial charge in [-0.2, -0.15) is 5.10 Å². The molecule has 0 amide bonds. The van der Waals surface area contributed by atoms with Crippen LogP contribution in [0.2, 0.25) is 0 Å². The third-order valence-corrected chi connectivity index (χ3v) is 8.81. The first-order valence-corrected chi connectivity index (χ1v) is 11.5. The second-order valence-electron chi connectivity index (χ2n) is 6.27. The summed E-state index contributed by atoms with van der Waals surface area (Å²) in [4.78, 5) is 5.00. The minimum absolute atomic E-state index is 0.541. The number of aromatic nitrogens is 2. The maximum absolute atomic E-state index is 6.21. The highest BCUT2D eigenvalue weighted by molar-refractivity contribution is 8.15. The third kappa shape index (κ3) is 2.94. The third-order valence-electron chi connectivity index (χ3n) is 4.54. The van der Waals surface area contributed by atoms with E-state index in [1.165, 1.54) is 0 Å². The van der Waals surface area contributed by atoms with E-state index in [0.717, 1.165) is 33.9 Å². The number of rotatable bonds is 4. The molecule has 0 spiro atoms. The molecule has 0 aliphatic carbocycles. The number of nitrogens with zero attached hydrogens (tertiary/aromatic N) is 4. The summed E-state index contributed by atoms with van der Waals surface area (Å²) >= 11 is 6.14. The van der Waals surface area contributed by atoms with E-state index in [4.69, 9.17) is 26.4 Å². The largest absolute Gasteiger partial charge is 0.331 e. The van der Waals surface area contributed by atoms with Crippen LogP contribution < -0.4 is 5.30 Å². The number of aliphatic imine (C=N–C) groups is 1. The maximum Gasteiger partial charge on any atom is 0.192 e. The monoisotopic (exact) mass is 396 g/mol. The highest BCUT2D eigenvalue weighted by Crippen LogP contribution is 2.55. The van der Waals surface area contributed by atoms with E-state index in [-0.39, 0.29) is 0 Å². The fourth-order valence-electron chi connectivity index (χ4n) is 3.30. The van der Waals surface area contributed by atoms with E-state index in [9.17, 15) is 0 Å². The summed E-state index contributed by atoms with van der Waals surface area (Å²) < 4.78 is 10.1. The van der Waals surface area contributed by atoms with Crippen molar-refractivity contribution in [2.45, 2.75) is 13.8 Å². The second kappa shape index (κ2) is 7.04. The molecule has 7 heteroatoms. The Kier molecular flexibility index (Phi) is 4.72. The van der Waals surface area contributed by atoms with Gasteiger partial charge in [0.25, 0.3) is 0 Å². The maximum atomic E-state index is 6.21. The minimum atomic E-state index is -2.50. The summed E-state index contributed by atoms with van der Waals surface area (Å²) in [6, 6.07) is 20.1. The summed E-state index contributed by atoms with van der Waals surface area (Å²) in [7, 11) is 1.98. The number of hydrogen-bond acceptors (Lipinski definition) is 4. The van der Waals surface area contributed by atoms with Crippen LogP contribution in [0.5, 0.6) is 0 Å². The van der Waals surface area contributed by atoms with Gasteiger partial charge in [-0.05, 0) is 37.8 Å². The van der Waals surface area contributed by atoms with Crippen LogP contribution in [-0.2, 0) is 16.3 Å².